The molecule has 0 spiro atoms. The molecule has 0 atom stereocenters. The Morgan fingerprint density at radius 1 is 1.17 bits per heavy atom. The zero-order valence-corrected chi connectivity index (χ0v) is 15.9. The zero-order valence-electron chi connectivity index (χ0n) is 15.9. The van der Waals surface area contributed by atoms with E-state index in [9.17, 15) is 9.59 Å². The molecule has 1 aromatic heterocycles. The summed E-state index contributed by atoms with van der Waals surface area (Å²) in [7, 11) is 1.99. The van der Waals surface area contributed by atoms with Crippen LogP contribution in [0.4, 0.5) is 0 Å². The van der Waals surface area contributed by atoms with Crippen molar-refractivity contribution in [2.24, 2.45) is 13.0 Å². The number of hydrogen-bond acceptors (Lipinski definition) is 2. The fourth-order valence-corrected chi connectivity index (χ4v) is 2.68. The lowest BCUT2D eigenvalue weighted by molar-refractivity contribution is -0.141. The number of amides is 2. The highest BCUT2D eigenvalue weighted by atomic mass is 16.2. The molecular weight excluding hydrogens is 302 g/mol. The Morgan fingerprint density at radius 3 is 2.38 bits per heavy atom. The van der Waals surface area contributed by atoms with E-state index in [2.05, 4.69) is 20.8 Å². The molecule has 0 bridgehead atoms. The predicted molar refractivity (Wildman–Crippen MR) is 97.4 cm³/mol. The van der Waals surface area contributed by atoms with Crippen molar-refractivity contribution in [3.63, 3.8) is 0 Å². The van der Waals surface area contributed by atoms with Gasteiger partial charge < -0.3 is 14.4 Å². The first-order valence-electron chi connectivity index (χ1n) is 9.04. The number of hydrogen-bond donors (Lipinski definition) is 0. The number of nitrogens with zero attached hydrogens (tertiary/aromatic N) is 3. The van der Waals surface area contributed by atoms with Crippen LogP contribution in [0.2, 0.25) is 0 Å². The molecule has 0 radical (unpaired) electrons. The zero-order chi connectivity index (χ0) is 18.1. The van der Waals surface area contributed by atoms with E-state index in [1.807, 2.05) is 41.8 Å². The summed E-state index contributed by atoms with van der Waals surface area (Å²) in [6.45, 7) is 10.3. The van der Waals surface area contributed by atoms with Gasteiger partial charge >= 0.3 is 0 Å². The third-order valence-corrected chi connectivity index (χ3v) is 4.11. The van der Waals surface area contributed by atoms with Gasteiger partial charge in [0.2, 0.25) is 11.8 Å². The van der Waals surface area contributed by atoms with Gasteiger partial charge in [0.25, 0.3) is 0 Å². The van der Waals surface area contributed by atoms with Gasteiger partial charge in [0, 0.05) is 38.4 Å². The van der Waals surface area contributed by atoms with Crippen molar-refractivity contribution in [2.45, 2.75) is 53.5 Å². The van der Waals surface area contributed by atoms with Crippen molar-refractivity contribution >= 4 is 11.8 Å². The maximum Gasteiger partial charge on any atom is 0.242 e. The molecule has 0 saturated carbocycles. The fourth-order valence-electron chi connectivity index (χ4n) is 2.68. The molecule has 0 unspecified atom stereocenters. The highest BCUT2D eigenvalue weighted by Crippen LogP contribution is 2.10. The molecule has 1 aromatic rings. The minimum absolute atomic E-state index is 0.0304. The van der Waals surface area contributed by atoms with Gasteiger partial charge in [0.1, 0.15) is 0 Å². The van der Waals surface area contributed by atoms with E-state index in [1.54, 1.807) is 4.90 Å². The van der Waals surface area contributed by atoms with Crippen LogP contribution in [0.5, 0.6) is 0 Å². The van der Waals surface area contributed by atoms with E-state index in [-0.39, 0.29) is 18.4 Å². The molecule has 136 valence electrons. The van der Waals surface area contributed by atoms with Crippen molar-refractivity contribution in [3.05, 3.63) is 24.0 Å². The van der Waals surface area contributed by atoms with Crippen LogP contribution in [-0.2, 0) is 23.2 Å². The quantitative estimate of drug-likeness (QED) is 0.660. The van der Waals surface area contributed by atoms with Crippen LogP contribution in [0, 0.1) is 5.92 Å². The van der Waals surface area contributed by atoms with Gasteiger partial charge in [0.15, 0.2) is 0 Å². The van der Waals surface area contributed by atoms with Crippen LogP contribution >= 0.6 is 0 Å². The molecule has 1 heterocycles. The van der Waals surface area contributed by atoms with Gasteiger partial charge in [0.05, 0.1) is 13.1 Å². The summed E-state index contributed by atoms with van der Waals surface area (Å²) < 4.78 is 2.03. The van der Waals surface area contributed by atoms with Crippen molar-refractivity contribution in [1.82, 2.24) is 14.4 Å². The number of carbonyl (C=O) groups is 2. The molecule has 0 aliphatic heterocycles. The van der Waals surface area contributed by atoms with Crippen LogP contribution < -0.4 is 0 Å². The first-order chi connectivity index (χ1) is 11.4. The van der Waals surface area contributed by atoms with E-state index in [0.717, 1.165) is 18.5 Å². The van der Waals surface area contributed by atoms with Crippen LogP contribution in [0.1, 0.15) is 52.7 Å². The standard InChI is InChI=1S/C19H33N3O2/c1-6-8-12-21(18(23)7-2)15-19(24)22(13-16(3)4)14-17-10-9-11-20(17)5/h9-11,16H,6-8,12-15H2,1-5H3. The molecule has 24 heavy (non-hydrogen) atoms. The molecule has 0 aliphatic rings. The normalized spacial score (nSPS) is 10.9. The van der Waals surface area contributed by atoms with Crippen LogP contribution in [-0.4, -0.2) is 45.8 Å². The molecule has 5 heteroatoms. The van der Waals surface area contributed by atoms with E-state index < -0.39 is 0 Å². The molecular formula is C19H33N3O2. The lowest BCUT2D eigenvalue weighted by Crippen LogP contribution is -2.44. The van der Waals surface area contributed by atoms with E-state index in [4.69, 9.17) is 0 Å². The fraction of sp³-hybridized carbons (Fsp3) is 0.684. The van der Waals surface area contributed by atoms with Gasteiger partial charge in [-0.05, 0) is 24.5 Å². The number of aryl methyl sites for hydroxylation is 1. The number of carbonyl (C=O) groups excluding carboxylic acids is 2. The third kappa shape index (κ3) is 6.38. The first kappa shape index (κ1) is 20.3. The molecule has 2 amide bonds. The topological polar surface area (TPSA) is 45.6 Å². The Hall–Kier alpha value is -1.78. The highest BCUT2D eigenvalue weighted by molar-refractivity contribution is 5.84. The van der Waals surface area contributed by atoms with Crippen LogP contribution in [0.25, 0.3) is 0 Å². The summed E-state index contributed by atoms with van der Waals surface area (Å²) in [5.41, 5.74) is 1.10. The smallest absolute Gasteiger partial charge is 0.242 e. The van der Waals surface area contributed by atoms with Crippen molar-refractivity contribution < 1.29 is 9.59 Å². The van der Waals surface area contributed by atoms with Gasteiger partial charge in [-0.15, -0.1) is 0 Å². The Labute approximate surface area is 146 Å². The second-order valence-electron chi connectivity index (χ2n) is 6.80. The van der Waals surface area contributed by atoms with Gasteiger partial charge in [-0.1, -0.05) is 34.1 Å². The summed E-state index contributed by atoms with van der Waals surface area (Å²) in [4.78, 5) is 28.5. The maximum atomic E-state index is 12.8. The molecule has 0 fully saturated rings. The van der Waals surface area contributed by atoms with E-state index in [0.29, 0.717) is 32.0 Å². The van der Waals surface area contributed by atoms with Gasteiger partial charge in [-0.25, -0.2) is 0 Å². The number of unbranched alkanes of at least 4 members (excludes halogenated alkanes) is 1. The van der Waals surface area contributed by atoms with Crippen LogP contribution in [0.15, 0.2) is 18.3 Å². The minimum Gasteiger partial charge on any atom is -0.353 e. The minimum atomic E-state index is 0.0304. The lowest BCUT2D eigenvalue weighted by atomic mass is 10.2. The molecule has 0 aromatic carbocycles. The summed E-state index contributed by atoms with van der Waals surface area (Å²) in [5, 5.41) is 0. The van der Waals surface area contributed by atoms with Crippen molar-refractivity contribution in [2.75, 3.05) is 19.6 Å². The van der Waals surface area contributed by atoms with Gasteiger partial charge in [-0.3, -0.25) is 9.59 Å². The highest BCUT2D eigenvalue weighted by Gasteiger charge is 2.21. The summed E-state index contributed by atoms with van der Waals surface area (Å²) >= 11 is 0. The molecule has 0 aliphatic carbocycles. The Bertz CT molecular complexity index is 522. The third-order valence-electron chi connectivity index (χ3n) is 4.11. The maximum absolute atomic E-state index is 12.8. The monoisotopic (exact) mass is 335 g/mol. The molecule has 0 saturated heterocycles. The average Bonchev–Trinajstić information content (AvgIpc) is 2.94. The summed E-state index contributed by atoms with van der Waals surface area (Å²) in [5.74, 6) is 0.475. The number of rotatable bonds is 10. The Morgan fingerprint density at radius 2 is 1.88 bits per heavy atom. The average molecular weight is 335 g/mol. The SMILES string of the molecule is CCCCN(CC(=O)N(Cc1cccn1C)CC(C)C)C(=O)CC. The molecule has 5 nitrogen and oxygen atoms in total. The Kier molecular flexibility index (Phi) is 8.58. The Balaban J connectivity index is 2.81. The van der Waals surface area contributed by atoms with Gasteiger partial charge in [-0.2, -0.15) is 0 Å². The van der Waals surface area contributed by atoms with Crippen molar-refractivity contribution in [1.29, 1.82) is 0 Å². The summed E-state index contributed by atoms with van der Waals surface area (Å²) in [6, 6.07) is 4.02. The second-order valence-corrected chi connectivity index (χ2v) is 6.80. The predicted octanol–water partition coefficient (Wildman–Crippen LogP) is 3.05. The van der Waals surface area contributed by atoms with Crippen molar-refractivity contribution in [3.8, 4) is 0 Å². The molecule has 1 rings (SSSR count). The second kappa shape index (κ2) is 10.2. The number of aromatic nitrogens is 1. The van der Waals surface area contributed by atoms with E-state index in [1.165, 1.54) is 0 Å². The summed E-state index contributed by atoms with van der Waals surface area (Å²) in [6.07, 6.45) is 4.38. The largest absolute Gasteiger partial charge is 0.353 e. The molecule has 0 N–H and O–H groups in total. The first-order valence-corrected chi connectivity index (χ1v) is 9.04. The lowest BCUT2D eigenvalue weighted by Gasteiger charge is -2.29. The van der Waals surface area contributed by atoms with E-state index >= 15 is 0 Å². The van der Waals surface area contributed by atoms with Crippen LogP contribution in [0.3, 0.4) is 0 Å².